The van der Waals surface area contributed by atoms with Crippen LogP contribution in [0.25, 0.3) is 0 Å². The van der Waals surface area contributed by atoms with E-state index in [0.717, 1.165) is 31.7 Å². The number of aliphatic hydroxyl groups is 1. The number of carbonyl (C=O) groups excluding carboxylic acids is 1. The highest BCUT2D eigenvalue weighted by Gasteiger charge is 2.21. The van der Waals surface area contributed by atoms with Crippen LogP contribution in [0.1, 0.15) is 23.2 Å². The van der Waals surface area contributed by atoms with Crippen molar-refractivity contribution in [2.24, 2.45) is 5.92 Å². The zero-order valence-electron chi connectivity index (χ0n) is 8.85. The molecule has 0 radical (unpaired) electrons. The molecule has 0 aliphatic heterocycles. The minimum absolute atomic E-state index is 0.693. The Morgan fingerprint density at radius 1 is 1.33 bits per heavy atom. The van der Waals surface area contributed by atoms with Crippen LogP contribution in [0.15, 0.2) is 24.3 Å². The van der Waals surface area contributed by atoms with Crippen LogP contribution in [0.3, 0.4) is 0 Å². The van der Waals surface area contributed by atoms with Gasteiger partial charge in [0.2, 0.25) is 0 Å². The van der Waals surface area contributed by atoms with E-state index >= 15 is 0 Å². The van der Waals surface area contributed by atoms with Gasteiger partial charge >= 0.3 is 0 Å². The zero-order chi connectivity index (χ0) is 11.1. The van der Waals surface area contributed by atoms with Crippen molar-refractivity contribution in [2.75, 3.05) is 13.7 Å². The number of aldehydes is 1. The molecular formula is C12H16O3. The number of hydrogen-bond acceptors (Lipinski definition) is 3. The summed E-state index contributed by atoms with van der Waals surface area (Å²) >= 11 is 0. The molecule has 1 aromatic rings. The van der Waals surface area contributed by atoms with E-state index in [1.165, 1.54) is 12.8 Å². The predicted molar refractivity (Wildman–Crippen MR) is 58.2 cm³/mol. The lowest BCUT2D eigenvalue weighted by Gasteiger charge is -2.03. The quantitative estimate of drug-likeness (QED) is 0.769. The SMILES string of the molecule is CO.O=Cc1ccc(OCC2CC2)cc1. The van der Waals surface area contributed by atoms with Gasteiger partial charge in [-0.2, -0.15) is 0 Å². The summed E-state index contributed by atoms with van der Waals surface area (Å²) in [5.74, 6) is 1.63. The standard InChI is InChI=1S/C11H12O2.CH4O/c12-7-9-3-5-11(6-4-9)13-8-10-1-2-10;1-2/h3-7,10H,1-2,8H2;2H,1H3. The summed E-state index contributed by atoms with van der Waals surface area (Å²) < 4.78 is 5.51. The molecule has 1 fully saturated rings. The summed E-state index contributed by atoms with van der Waals surface area (Å²) in [7, 11) is 1.00. The molecule has 2 rings (SSSR count). The van der Waals surface area contributed by atoms with E-state index in [1.807, 2.05) is 12.1 Å². The number of benzene rings is 1. The van der Waals surface area contributed by atoms with Gasteiger partial charge in [-0.1, -0.05) is 0 Å². The van der Waals surface area contributed by atoms with E-state index in [-0.39, 0.29) is 0 Å². The third-order valence-corrected chi connectivity index (χ3v) is 2.20. The van der Waals surface area contributed by atoms with E-state index in [4.69, 9.17) is 9.84 Å². The molecule has 15 heavy (non-hydrogen) atoms. The Bertz CT molecular complexity index is 288. The molecule has 0 bridgehead atoms. The number of carbonyl (C=O) groups is 1. The monoisotopic (exact) mass is 208 g/mol. The molecule has 1 aliphatic carbocycles. The summed E-state index contributed by atoms with van der Waals surface area (Å²) in [6.45, 7) is 0.820. The highest BCUT2D eigenvalue weighted by atomic mass is 16.5. The second kappa shape index (κ2) is 6.19. The fraction of sp³-hybridized carbons (Fsp3) is 0.417. The predicted octanol–water partition coefficient (Wildman–Crippen LogP) is 1.90. The van der Waals surface area contributed by atoms with Gasteiger partial charge in [-0.25, -0.2) is 0 Å². The van der Waals surface area contributed by atoms with Crippen molar-refractivity contribution < 1.29 is 14.6 Å². The van der Waals surface area contributed by atoms with Crippen LogP contribution >= 0.6 is 0 Å². The van der Waals surface area contributed by atoms with E-state index in [9.17, 15) is 4.79 Å². The molecular weight excluding hydrogens is 192 g/mol. The van der Waals surface area contributed by atoms with Crippen molar-refractivity contribution in [3.05, 3.63) is 29.8 Å². The van der Waals surface area contributed by atoms with Crippen LogP contribution in [0, 0.1) is 5.92 Å². The summed E-state index contributed by atoms with van der Waals surface area (Å²) in [5.41, 5.74) is 0.693. The Morgan fingerprint density at radius 2 is 1.93 bits per heavy atom. The van der Waals surface area contributed by atoms with Gasteiger partial charge in [-0.15, -0.1) is 0 Å². The average Bonchev–Trinajstić information content (AvgIpc) is 3.14. The van der Waals surface area contributed by atoms with E-state index in [2.05, 4.69) is 0 Å². The van der Waals surface area contributed by atoms with Crippen molar-refractivity contribution in [3.8, 4) is 5.75 Å². The lowest BCUT2D eigenvalue weighted by Crippen LogP contribution is -1.98. The van der Waals surface area contributed by atoms with Gasteiger partial charge in [0, 0.05) is 12.7 Å². The van der Waals surface area contributed by atoms with Crippen molar-refractivity contribution in [2.45, 2.75) is 12.8 Å². The third-order valence-electron chi connectivity index (χ3n) is 2.20. The van der Waals surface area contributed by atoms with E-state index < -0.39 is 0 Å². The summed E-state index contributed by atoms with van der Waals surface area (Å²) in [4.78, 5) is 10.4. The molecule has 3 nitrogen and oxygen atoms in total. The molecule has 0 unspecified atom stereocenters. The second-order valence-electron chi connectivity index (χ2n) is 3.44. The molecule has 0 heterocycles. The first-order valence-electron chi connectivity index (χ1n) is 5.01. The fourth-order valence-corrected chi connectivity index (χ4v) is 1.14. The third kappa shape index (κ3) is 4.13. The summed E-state index contributed by atoms with van der Waals surface area (Å²) in [6.07, 6.45) is 3.43. The lowest BCUT2D eigenvalue weighted by molar-refractivity contribution is 0.112. The van der Waals surface area contributed by atoms with Crippen molar-refractivity contribution in [1.29, 1.82) is 0 Å². The first kappa shape index (κ1) is 11.7. The van der Waals surface area contributed by atoms with E-state index in [1.54, 1.807) is 12.1 Å². The van der Waals surface area contributed by atoms with Gasteiger partial charge in [0.05, 0.1) is 6.61 Å². The molecule has 1 aromatic carbocycles. The molecule has 0 amide bonds. The van der Waals surface area contributed by atoms with Gasteiger partial charge in [-0.05, 0) is 43.0 Å². The topological polar surface area (TPSA) is 46.5 Å². The van der Waals surface area contributed by atoms with Crippen LogP contribution in [0.5, 0.6) is 5.75 Å². The molecule has 0 spiro atoms. The number of ether oxygens (including phenoxy) is 1. The number of rotatable bonds is 4. The van der Waals surface area contributed by atoms with Crippen LogP contribution in [0.2, 0.25) is 0 Å². The largest absolute Gasteiger partial charge is 0.493 e. The Labute approximate surface area is 89.7 Å². The molecule has 0 atom stereocenters. The Balaban J connectivity index is 0.000000531. The molecule has 1 N–H and O–H groups in total. The number of hydrogen-bond donors (Lipinski definition) is 1. The minimum Gasteiger partial charge on any atom is -0.493 e. The van der Waals surface area contributed by atoms with Crippen molar-refractivity contribution in [3.63, 3.8) is 0 Å². The molecule has 3 heteroatoms. The Hall–Kier alpha value is -1.35. The maximum absolute atomic E-state index is 10.4. The van der Waals surface area contributed by atoms with Crippen molar-refractivity contribution in [1.82, 2.24) is 0 Å². The van der Waals surface area contributed by atoms with Gasteiger partial charge in [-0.3, -0.25) is 4.79 Å². The number of aliphatic hydroxyl groups excluding tert-OH is 1. The van der Waals surface area contributed by atoms with Gasteiger partial charge in [0.25, 0.3) is 0 Å². The van der Waals surface area contributed by atoms with Crippen LogP contribution in [-0.4, -0.2) is 25.1 Å². The van der Waals surface area contributed by atoms with Crippen molar-refractivity contribution >= 4 is 6.29 Å². The summed E-state index contributed by atoms with van der Waals surface area (Å²) in [6, 6.07) is 7.22. The van der Waals surface area contributed by atoms with Gasteiger partial charge in [0.15, 0.2) is 0 Å². The fourth-order valence-electron chi connectivity index (χ4n) is 1.14. The molecule has 1 saturated carbocycles. The first-order valence-corrected chi connectivity index (χ1v) is 5.01. The smallest absolute Gasteiger partial charge is 0.150 e. The molecule has 1 aliphatic rings. The summed E-state index contributed by atoms with van der Waals surface area (Å²) in [5, 5.41) is 7.00. The second-order valence-corrected chi connectivity index (χ2v) is 3.44. The van der Waals surface area contributed by atoms with Crippen LogP contribution < -0.4 is 4.74 Å². The van der Waals surface area contributed by atoms with Crippen LogP contribution in [-0.2, 0) is 0 Å². The molecule has 82 valence electrons. The lowest BCUT2D eigenvalue weighted by atomic mass is 10.2. The highest BCUT2D eigenvalue weighted by Crippen LogP contribution is 2.29. The maximum atomic E-state index is 10.4. The van der Waals surface area contributed by atoms with Gasteiger partial charge < -0.3 is 9.84 Å². The van der Waals surface area contributed by atoms with Gasteiger partial charge in [0.1, 0.15) is 12.0 Å². The van der Waals surface area contributed by atoms with E-state index in [0.29, 0.717) is 5.56 Å². The maximum Gasteiger partial charge on any atom is 0.150 e. The normalized spacial score (nSPS) is 13.7. The Morgan fingerprint density at radius 3 is 2.40 bits per heavy atom. The first-order chi connectivity index (χ1) is 7.38. The van der Waals surface area contributed by atoms with Crippen LogP contribution in [0.4, 0.5) is 0 Å². The molecule has 0 aromatic heterocycles. The zero-order valence-corrected chi connectivity index (χ0v) is 8.85. The highest BCUT2D eigenvalue weighted by molar-refractivity contribution is 5.74. The Kier molecular flexibility index (Phi) is 4.84. The average molecular weight is 208 g/mol. The minimum atomic E-state index is 0.693. The molecule has 0 saturated heterocycles.